The molecule has 2 aliphatic heterocycles. The van der Waals surface area contributed by atoms with Crippen LogP contribution < -0.4 is 10.6 Å². The summed E-state index contributed by atoms with van der Waals surface area (Å²) in [6.07, 6.45) is 7.57. The molecule has 2 heterocycles. The normalized spacial score (nSPS) is 28.1. The zero-order valence-corrected chi connectivity index (χ0v) is 12.8. The lowest BCUT2D eigenvalue weighted by molar-refractivity contribution is -0.119. The summed E-state index contributed by atoms with van der Waals surface area (Å²) in [4.78, 5) is 22.9. The molecular weight excluding hydrogens is 272 g/mol. The second-order valence-electron chi connectivity index (χ2n) is 5.72. The van der Waals surface area contributed by atoms with E-state index in [0.717, 1.165) is 50.7 Å². The van der Waals surface area contributed by atoms with Crippen LogP contribution in [0.25, 0.3) is 0 Å². The maximum atomic E-state index is 11.6. The quantitative estimate of drug-likeness (QED) is 0.508. The Bertz CT molecular complexity index is 349. The number of carbonyl (C=O) groups is 2. The average molecular weight is 297 g/mol. The molecule has 0 bridgehead atoms. The Morgan fingerprint density at radius 2 is 1.95 bits per heavy atom. The van der Waals surface area contributed by atoms with E-state index in [0.29, 0.717) is 29.5 Å². The number of Topliss-reactive ketones (excluding diaryl/α,β-unsaturated/α-hetero) is 1. The second-order valence-corrected chi connectivity index (χ2v) is 6.99. The van der Waals surface area contributed by atoms with E-state index in [1.807, 2.05) is 11.8 Å². The molecule has 2 aliphatic rings. The van der Waals surface area contributed by atoms with Crippen LogP contribution in [0.2, 0.25) is 0 Å². The van der Waals surface area contributed by atoms with Crippen molar-refractivity contribution in [2.75, 3.05) is 5.75 Å². The summed E-state index contributed by atoms with van der Waals surface area (Å²) in [5, 5.41) is 6.47. The Labute approximate surface area is 125 Å². The van der Waals surface area contributed by atoms with Crippen LogP contribution in [0.1, 0.15) is 51.4 Å². The van der Waals surface area contributed by atoms with E-state index in [2.05, 4.69) is 17.6 Å². The molecule has 1 radical (unpaired) electrons. The van der Waals surface area contributed by atoms with Crippen LogP contribution in [0.3, 0.4) is 0 Å². The van der Waals surface area contributed by atoms with Crippen molar-refractivity contribution in [1.29, 1.82) is 0 Å². The van der Waals surface area contributed by atoms with E-state index in [-0.39, 0.29) is 6.03 Å². The van der Waals surface area contributed by atoms with Crippen LogP contribution in [-0.4, -0.2) is 34.9 Å². The van der Waals surface area contributed by atoms with Gasteiger partial charge in [-0.25, -0.2) is 4.79 Å². The van der Waals surface area contributed by atoms with Gasteiger partial charge in [-0.2, -0.15) is 11.8 Å². The number of nitrogens with one attached hydrogen (secondary N) is 2. The Kier molecular flexibility index (Phi) is 6.20. The highest BCUT2D eigenvalue weighted by molar-refractivity contribution is 8.00. The maximum absolute atomic E-state index is 11.6. The first-order valence-corrected chi connectivity index (χ1v) is 8.75. The monoisotopic (exact) mass is 297 g/mol. The van der Waals surface area contributed by atoms with Gasteiger partial charge in [-0.3, -0.25) is 4.79 Å². The molecule has 113 valence electrons. The molecule has 0 unspecified atom stereocenters. The number of urea groups is 1. The van der Waals surface area contributed by atoms with Gasteiger partial charge in [0.25, 0.3) is 0 Å². The Balaban J connectivity index is 1.55. The van der Waals surface area contributed by atoms with Crippen molar-refractivity contribution in [3.63, 3.8) is 0 Å². The molecule has 4 nitrogen and oxygen atoms in total. The Morgan fingerprint density at radius 1 is 1.20 bits per heavy atom. The van der Waals surface area contributed by atoms with E-state index in [1.165, 1.54) is 0 Å². The first kappa shape index (κ1) is 15.7. The summed E-state index contributed by atoms with van der Waals surface area (Å²) in [5.74, 6) is 1.41. The number of amides is 2. The largest absolute Gasteiger partial charge is 0.332 e. The number of ketones is 1. The molecule has 2 saturated heterocycles. The predicted molar refractivity (Wildman–Crippen MR) is 82.8 cm³/mol. The number of hydrogen-bond donors (Lipinski definition) is 2. The summed E-state index contributed by atoms with van der Waals surface area (Å²) in [7, 11) is 0. The Hall–Kier alpha value is -0.710. The zero-order chi connectivity index (χ0) is 14.4. The third-order valence-corrected chi connectivity index (χ3v) is 5.60. The molecule has 3 atom stereocenters. The van der Waals surface area contributed by atoms with Gasteiger partial charge in [0.2, 0.25) is 0 Å². The van der Waals surface area contributed by atoms with Gasteiger partial charge < -0.3 is 10.6 Å². The summed E-state index contributed by atoms with van der Waals surface area (Å²) >= 11 is 1.94. The molecule has 2 fully saturated rings. The number of unbranched alkanes of at least 4 members (excludes halogenated alkanes) is 3. The third kappa shape index (κ3) is 4.40. The van der Waals surface area contributed by atoms with Gasteiger partial charge in [0.05, 0.1) is 12.1 Å². The van der Waals surface area contributed by atoms with Crippen LogP contribution in [-0.2, 0) is 4.79 Å². The molecule has 20 heavy (non-hydrogen) atoms. The molecule has 0 spiro atoms. The number of thioether (sulfide) groups is 1. The Morgan fingerprint density at radius 3 is 2.70 bits per heavy atom. The highest BCUT2D eigenvalue weighted by Crippen LogP contribution is 2.33. The highest BCUT2D eigenvalue weighted by Gasteiger charge is 2.42. The molecule has 0 aromatic heterocycles. The zero-order valence-electron chi connectivity index (χ0n) is 12.0. The van der Waals surface area contributed by atoms with Crippen molar-refractivity contribution in [3.8, 4) is 0 Å². The molecule has 5 heteroatoms. The van der Waals surface area contributed by atoms with Gasteiger partial charge in [-0.05, 0) is 19.3 Å². The highest BCUT2D eigenvalue weighted by atomic mass is 32.2. The second kappa shape index (κ2) is 7.91. The fraction of sp³-hybridized carbons (Fsp3) is 0.800. The average Bonchev–Trinajstić information content (AvgIpc) is 2.95. The molecule has 0 aromatic rings. The van der Waals surface area contributed by atoms with Crippen molar-refractivity contribution in [1.82, 2.24) is 10.6 Å². The molecule has 0 aliphatic carbocycles. The van der Waals surface area contributed by atoms with Crippen LogP contribution in [0.15, 0.2) is 0 Å². The predicted octanol–water partition coefficient (Wildman–Crippen LogP) is 2.68. The lowest BCUT2D eigenvalue weighted by atomic mass is 10.0. The molecule has 2 amide bonds. The van der Waals surface area contributed by atoms with Gasteiger partial charge in [0, 0.05) is 23.8 Å². The minimum absolute atomic E-state index is 0.0223. The summed E-state index contributed by atoms with van der Waals surface area (Å²) in [5.41, 5.74) is 0. The van der Waals surface area contributed by atoms with Crippen molar-refractivity contribution in [2.45, 2.75) is 68.7 Å². The number of hydrogen-bond acceptors (Lipinski definition) is 3. The summed E-state index contributed by atoms with van der Waals surface area (Å²) < 4.78 is 0. The molecule has 2 N–H and O–H groups in total. The lowest BCUT2D eigenvalue weighted by Gasteiger charge is -2.16. The molecule has 2 rings (SSSR count). The number of rotatable bonds is 9. The van der Waals surface area contributed by atoms with E-state index in [4.69, 9.17) is 0 Å². The standard InChI is InChI=1S/C15H25N2O2S/c1-2-3-4-7-11(18)8-5-6-9-13-14-12(10-20-13)16-15(19)17-14/h12-14H,1-10H2,(H2,16,17,19)/t12-,13-,14-/m0/s1. The van der Waals surface area contributed by atoms with Crippen LogP contribution >= 0.6 is 11.8 Å². The van der Waals surface area contributed by atoms with Crippen molar-refractivity contribution in [3.05, 3.63) is 6.92 Å². The minimum atomic E-state index is -0.0223. The molecular formula is C15H25N2O2S. The third-order valence-electron chi connectivity index (χ3n) is 4.09. The topological polar surface area (TPSA) is 58.2 Å². The SMILES string of the molecule is [CH2]CCCCC(=O)CCCC[C@@H]1SC[C@@H]2NC(=O)N[C@@H]21. The van der Waals surface area contributed by atoms with Crippen molar-refractivity contribution in [2.24, 2.45) is 0 Å². The van der Waals surface area contributed by atoms with Crippen LogP contribution in [0, 0.1) is 6.92 Å². The van der Waals surface area contributed by atoms with E-state index in [9.17, 15) is 9.59 Å². The van der Waals surface area contributed by atoms with E-state index < -0.39 is 0 Å². The lowest BCUT2D eigenvalue weighted by Crippen LogP contribution is -2.36. The number of fused-ring (bicyclic) bond motifs is 1. The van der Waals surface area contributed by atoms with E-state index >= 15 is 0 Å². The maximum Gasteiger partial charge on any atom is 0.315 e. The van der Waals surface area contributed by atoms with E-state index in [1.54, 1.807) is 0 Å². The first-order chi connectivity index (χ1) is 9.70. The summed E-state index contributed by atoms with van der Waals surface area (Å²) in [6, 6.07) is 0.577. The van der Waals surface area contributed by atoms with Gasteiger partial charge in [0.15, 0.2) is 0 Å². The summed E-state index contributed by atoms with van der Waals surface area (Å²) in [6.45, 7) is 3.79. The molecule has 0 saturated carbocycles. The van der Waals surface area contributed by atoms with Crippen LogP contribution in [0.5, 0.6) is 0 Å². The van der Waals surface area contributed by atoms with Gasteiger partial charge in [0.1, 0.15) is 5.78 Å². The van der Waals surface area contributed by atoms with Gasteiger partial charge in [-0.15, -0.1) is 0 Å². The van der Waals surface area contributed by atoms with Crippen molar-refractivity contribution >= 4 is 23.6 Å². The van der Waals surface area contributed by atoms with Crippen LogP contribution in [0.4, 0.5) is 4.79 Å². The van der Waals surface area contributed by atoms with Crippen molar-refractivity contribution < 1.29 is 9.59 Å². The van der Waals surface area contributed by atoms with Gasteiger partial charge >= 0.3 is 6.03 Å². The fourth-order valence-electron chi connectivity index (χ4n) is 2.93. The minimum Gasteiger partial charge on any atom is -0.332 e. The smallest absolute Gasteiger partial charge is 0.315 e. The fourth-order valence-corrected chi connectivity index (χ4v) is 4.48. The van der Waals surface area contributed by atoms with Gasteiger partial charge in [-0.1, -0.05) is 26.2 Å². The molecule has 0 aromatic carbocycles. The first-order valence-electron chi connectivity index (χ1n) is 7.70. The number of carbonyl (C=O) groups excluding carboxylic acids is 2.